The normalized spacial score (nSPS) is 16.9. The number of ether oxygens (including phenoxy) is 2. The summed E-state index contributed by atoms with van der Waals surface area (Å²) in [6.45, 7) is 2.85. The molecule has 7 nitrogen and oxygen atoms in total. The van der Waals surface area contributed by atoms with Crippen molar-refractivity contribution in [2.75, 3.05) is 24.1 Å². The molecule has 0 saturated carbocycles. The molecular weight excluding hydrogens is 534 g/mol. The largest absolute Gasteiger partial charge is 0.489 e. The second-order valence-corrected chi connectivity index (χ2v) is 10.5. The van der Waals surface area contributed by atoms with Crippen molar-refractivity contribution in [2.24, 2.45) is 0 Å². The molecular formula is C30H26ClN3O4S. The molecule has 3 aromatic rings. The molecule has 3 aromatic carbocycles. The Kier molecular flexibility index (Phi) is 8.10. The van der Waals surface area contributed by atoms with Gasteiger partial charge in [-0.1, -0.05) is 47.6 Å². The van der Waals surface area contributed by atoms with Gasteiger partial charge in [-0.25, -0.2) is 4.79 Å². The quantitative estimate of drug-likeness (QED) is 0.313. The predicted molar refractivity (Wildman–Crippen MR) is 151 cm³/mol. The molecule has 198 valence electrons. The smallest absolute Gasteiger partial charge is 0.338 e. The van der Waals surface area contributed by atoms with Crippen LogP contribution in [0.5, 0.6) is 5.75 Å². The molecule has 2 aliphatic rings. The third kappa shape index (κ3) is 5.90. The summed E-state index contributed by atoms with van der Waals surface area (Å²) in [4.78, 5) is 29.0. The Labute approximate surface area is 236 Å². The fourth-order valence-corrected chi connectivity index (χ4v) is 5.87. The number of amides is 1. The molecule has 0 aliphatic carbocycles. The number of thioether (sulfide) groups is 1. The van der Waals surface area contributed by atoms with Gasteiger partial charge in [0.05, 0.1) is 41.4 Å². The van der Waals surface area contributed by atoms with E-state index in [0.29, 0.717) is 52.7 Å². The van der Waals surface area contributed by atoms with Crippen molar-refractivity contribution in [3.63, 3.8) is 0 Å². The highest BCUT2D eigenvalue weighted by Gasteiger charge is 2.38. The number of allylic oxidation sites excluding steroid dienone is 1. The van der Waals surface area contributed by atoms with E-state index in [1.807, 2.05) is 65.6 Å². The molecule has 1 fully saturated rings. The summed E-state index contributed by atoms with van der Waals surface area (Å²) in [7, 11) is 0. The molecule has 2 heterocycles. The van der Waals surface area contributed by atoms with E-state index in [9.17, 15) is 14.9 Å². The Bertz CT molecular complexity index is 1430. The number of rotatable bonds is 7. The second-order valence-electron chi connectivity index (χ2n) is 9.12. The Hall–Kier alpha value is -3.93. The number of nitriles is 1. The van der Waals surface area contributed by atoms with Gasteiger partial charge in [0.15, 0.2) is 0 Å². The summed E-state index contributed by atoms with van der Waals surface area (Å²) in [5.41, 5.74) is 3.89. The molecule has 0 radical (unpaired) electrons. The van der Waals surface area contributed by atoms with Crippen molar-refractivity contribution in [3.8, 4) is 11.8 Å². The molecule has 0 bridgehead atoms. The zero-order chi connectivity index (χ0) is 27.4. The van der Waals surface area contributed by atoms with Crippen LogP contribution in [0.4, 0.5) is 5.69 Å². The Morgan fingerprint density at radius 3 is 2.46 bits per heavy atom. The van der Waals surface area contributed by atoms with Gasteiger partial charge in [0.25, 0.3) is 0 Å². The lowest BCUT2D eigenvalue weighted by atomic mass is 9.86. The Morgan fingerprint density at radius 2 is 1.79 bits per heavy atom. The van der Waals surface area contributed by atoms with Crippen LogP contribution in [0.1, 0.15) is 40.7 Å². The van der Waals surface area contributed by atoms with E-state index in [1.165, 1.54) is 11.8 Å². The maximum absolute atomic E-state index is 13.3. The van der Waals surface area contributed by atoms with E-state index in [0.717, 1.165) is 16.8 Å². The van der Waals surface area contributed by atoms with Crippen molar-refractivity contribution in [1.29, 1.82) is 5.26 Å². The number of anilines is 1. The number of carbonyl (C=O) groups excluding carboxylic acids is 2. The third-order valence-corrected chi connectivity index (χ3v) is 8.04. The highest BCUT2D eigenvalue weighted by atomic mass is 35.5. The maximum atomic E-state index is 13.3. The van der Waals surface area contributed by atoms with Crippen molar-refractivity contribution in [1.82, 2.24) is 4.90 Å². The molecule has 2 aliphatic heterocycles. The second kappa shape index (κ2) is 11.9. The van der Waals surface area contributed by atoms with Crippen LogP contribution in [0, 0.1) is 11.3 Å². The Balaban J connectivity index is 1.28. The van der Waals surface area contributed by atoms with Crippen molar-refractivity contribution < 1.29 is 19.1 Å². The van der Waals surface area contributed by atoms with Gasteiger partial charge in [0.1, 0.15) is 12.4 Å². The van der Waals surface area contributed by atoms with Crippen LogP contribution in [0.2, 0.25) is 5.02 Å². The van der Waals surface area contributed by atoms with Crippen LogP contribution >= 0.6 is 23.4 Å². The van der Waals surface area contributed by atoms with E-state index in [4.69, 9.17) is 21.1 Å². The van der Waals surface area contributed by atoms with Crippen molar-refractivity contribution >= 4 is 40.9 Å². The number of halogens is 1. The average molecular weight is 560 g/mol. The molecule has 0 spiro atoms. The van der Waals surface area contributed by atoms with E-state index < -0.39 is 0 Å². The molecule has 1 saturated heterocycles. The number of hydrogen-bond donors (Lipinski definition) is 0. The monoisotopic (exact) mass is 559 g/mol. The SMILES string of the molecule is CCOC(=O)c1ccc(N2CSC3=C(C#N)[C@@H](c4ccc(OCc5ccc(Cl)cc5)cc4)CC(=O)N3C2)cc1. The lowest BCUT2D eigenvalue weighted by Crippen LogP contribution is -2.47. The first-order chi connectivity index (χ1) is 19.0. The number of nitrogens with zero attached hydrogens (tertiary/aromatic N) is 3. The van der Waals surface area contributed by atoms with Crippen LogP contribution in [0.25, 0.3) is 0 Å². The topological polar surface area (TPSA) is 82.9 Å². The number of esters is 1. The van der Waals surface area contributed by atoms with Crippen LogP contribution in [0.3, 0.4) is 0 Å². The van der Waals surface area contributed by atoms with Gasteiger partial charge < -0.3 is 14.4 Å². The first-order valence-electron chi connectivity index (χ1n) is 12.5. The summed E-state index contributed by atoms with van der Waals surface area (Å²) in [6.07, 6.45) is 0.216. The highest BCUT2D eigenvalue weighted by molar-refractivity contribution is 8.03. The van der Waals surface area contributed by atoms with Crippen LogP contribution in [-0.4, -0.2) is 35.9 Å². The lowest BCUT2D eigenvalue weighted by Gasteiger charge is -2.42. The summed E-state index contributed by atoms with van der Waals surface area (Å²) < 4.78 is 10.9. The number of carbonyl (C=O) groups is 2. The number of hydrogen-bond acceptors (Lipinski definition) is 7. The minimum absolute atomic E-state index is 0.0302. The highest BCUT2D eigenvalue weighted by Crippen LogP contribution is 2.43. The maximum Gasteiger partial charge on any atom is 0.338 e. The molecule has 5 rings (SSSR count). The molecule has 39 heavy (non-hydrogen) atoms. The fraction of sp³-hybridized carbons (Fsp3) is 0.233. The van der Waals surface area contributed by atoms with Crippen molar-refractivity contribution in [3.05, 3.63) is 105 Å². The summed E-state index contributed by atoms with van der Waals surface area (Å²) in [5.74, 6) is 0.590. The van der Waals surface area contributed by atoms with Gasteiger partial charge >= 0.3 is 5.97 Å². The van der Waals surface area contributed by atoms with Gasteiger partial charge in [-0.2, -0.15) is 5.26 Å². The summed E-state index contributed by atoms with van der Waals surface area (Å²) in [6, 6.07) is 24.6. The molecule has 0 aromatic heterocycles. The molecule has 1 amide bonds. The number of fused-ring (bicyclic) bond motifs is 1. The fourth-order valence-electron chi connectivity index (χ4n) is 4.58. The van der Waals surface area contributed by atoms with Gasteiger partial charge in [-0.05, 0) is 66.6 Å². The molecule has 1 atom stereocenters. The zero-order valence-electron chi connectivity index (χ0n) is 21.3. The average Bonchev–Trinajstić information content (AvgIpc) is 2.97. The third-order valence-electron chi connectivity index (χ3n) is 6.64. The van der Waals surface area contributed by atoms with E-state index >= 15 is 0 Å². The zero-order valence-corrected chi connectivity index (χ0v) is 22.9. The summed E-state index contributed by atoms with van der Waals surface area (Å²) in [5, 5.41) is 11.5. The first kappa shape index (κ1) is 26.7. The molecule has 0 N–H and O–H groups in total. The van der Waals surface area contributed by atoms with Gasteiger partial charge in [0.2, 0.25) is 5.91 Å². The minimum Gasteiger partial charge on any atom is -0.489 e. The van der Waals surface area contributed by atoms with Gasteiger partial charge in [-0.15, -0.1) is 0 Å². The Morgan fingerprint density at radius 1 is 1.08 bits per heavy atom. The summed E-state index contributed by atoms with van der Waals surface area (Å²) >= 11 is 7.42. The predicted octanol–water partition coefficient (Wildman–Crippen LogP) is 6.32. The standard InChI is InChI=1S/C30H26ClN3O4S/c1-2-37-30(36)22-5-11-24(12-6-22)33-18-34-28(35)15-26(27(16-32)29(34)39-19-33)21-7-13-25(14-8-21)38-17-20-3-9-23(31)10-4-20/h3-14,26H,2,15,17-19H2,1H3/t26-/m1/s1. The van der Waals surface area contributed by atoms with E-state index in [2.05, 4.69) is 6.07 Å². The minimum atomic E-state index is -0.362. The lowest BCUT2D eigenvalue weighted by molar-refractivity contribution is -0.129. The van der Waals surface area contributed by atoms with E-state index in [-0.39, 0.29) is 24.2 Å². The van der Waals surface area contributed by atoms with Crippen LogP contribution < -0.4 is 9.64 Å². The van der Waals surface area contributed by atoms with Gasteiger partial charge in [0, 0.05) is 23.0 Å². The van der Waals surface area contributed by atoms with Gasteiger partial charge in [-0.3, -0.25) is 9.69 Å². The van der Waals surface area contributed by atoms with Crippen molar-refractivity contribution in [2.45, 2.75) is 25.9 Å². The van der Waals surface area contributed by atoms with Crippen LogP contribution in [-0.2, 0) is 16.1 Å². The molecule has 9 heteroatoms. The van der Waals surface area contributed by atoms with E-state index in [1.54, 1.807) is 24.0 Å². The van der Waals surface area contributed by atoms with Crippen LogP contribution in [0.15, 0.2) is 83.4 Å². The molecule has 0 unspecified atom stereocenters. The first-order valence-corrected chi connectivity index (χ1v) is 13.9. The number of benzene rings is 3.